The van der Waals surface area contributed by atoms with Crippen molar-refractivity contribution in [1.29, 1.82) is 0 Å². The fourth-order valence-corrected chi connectivity index (χ4v) is 5.20. The van der Waals surface area contributed by atoms with Gasteiger partial charge in [0, 0.05) is 11.3 Å². The third kappa shape index (κ3) is 1.18. The molecule has 17 heavy (non-hydrogen) atoms. The SMILES string of the molecule is CC1(C)CCC[C@@]23CO[C@H]4OCC(=CC[C@@H]12)[C@H]43. The molecule has 4 rings (SSSR count). The Balaban J connectivity index is 1.83. The van der Waals surface area contributed by atoms with E-state index in [0.29, 0.717) is 16.7 Å². The maximum Gasteiger partial charge on any atom is 0.165 e. The Morgan fingerprint density at radius 2 is 2.12 bits per heavy atom. The lowest BCUT2D eigenvalue weighted by Crippen LogP contribution is -2.50. The first-order valence-electron chi connectivity index (χ1n) is 7.06. The zero-order valence-corrected chi connectivity index (χ0v) is 10.9. The van der Waals surface area contributed by atoms with Crippen LogP contribution in [0.15, 0.2) is 11.6 Å². The van der Waals surface area contributed by atoms with E-state index in [1.165, 1.54) is 25.7 Å². The van der Waals surface area contributed by atoms with Crippen LogP contribution in [0.5, 0.6) is 0 Å². The van der Waals surface area contributed by atoms with Gasteiger partial charge in [-0.25, -0.2) is 0 Å². The van der Waals surface area contributed by atoms with Crippen molar-refractivity contribution in [3.8, 4) is 0 Å². The molecule has 0 unspecified atom stereocenters. The van der Waals surface area contributed by atoms with E-state index in [1.54, 1.807) is 5.57 Å². The van der Waals surface area contributed by atoms with Gasteiger partial charge >= 0.3 is 0 Å². The molecule has 4 aliphatic rings. The van der Waals surface area contributed by atoms with Crippen molar-refractivity contribution in [2.45, 2.75) is 45.8 Å². The van der Waals surface area contributed by atoms with E-state index in [2.05, 4.69) is 19.9 Å². The van der Waals surface area contributed by atoms with E-state index in [-0.39, 0.29) is 6.29 Å². The summed E-state index contributed by atoms with van der Waals surface area (Å²) in [5.74, 6) is 1.38. The fraction of sp³-hybridized carbons (Fsp3) is 0.867. The molecule has 0 bridgehead atoms. The van der Waals surface area contributed by atoms with E-state index in [4.69, 9.17) is 9.47 Å². The summed E-state index contributed by atoms with van der Waals surface area (Å²) in [4.78, 5) is 0. The molecular formula is C15H22O2. The summed E-state index contributed by atoms with van der Waals surface area (Å²) in [6.07, 6.45) is 7.89. The van der Waals surface area contributed by atoms with Crippen molar-refractivity contribution in [3.05, 3.63) is 11.6 Å². The van der Waals surface area contributed by atoms with E-state index in [1.807, 2.05) is 0 Å². The van der Waals surface area contributed by atoms with Crippen molar-refractivity contribution in [2.75, 3.05) is 13.2 Å². The summed E-state index contributed by atoms with van der Waals surface area (Å²) in [7, 11) is 0. The normalized spacial score (nSPS) is 50.7. The molecule has 2 aliphatic carbocycles. The van der Waals surface area contributed by atoms with Crippen LogP contribution in [-0.4, -0.2) is 19.5 Å². The summed E-state index contributed by atoms with van der Waals surface area (Å²) in [5, 5.41) is 0. The maximum absolute atomic E-state index is 5.98. The maximum atomic E-state index is 5.98. The van der Waals surface area contributed by atoms with Crippen molar-refractivity contribution < 1.29 is 9.47 Å². The molecule has 4 atom stereocenters. The largest absolute Gasteiger partial charge is 0.351 e. The molecule has 0 radical (unpaired) electrons. The van der Waals surface area contributed by atoms with Gasteiger partial charge in [-0.1, -0.05) is 26.3 Å². The van der Waals surface area contributed by atoms with Gasteiger partial charge in [-0.2, -0.15) is 0 Å². The average molecular weight is 234 g/mol. The van der Waals surface area contributed by atoms with Crippen LogP contribution in [-0.2, 0) is 9.47 Å². The van der Waals surface area contributed by atoms with E-state index < -0.39 is 0 Å². The summed E-state index contributed by atoms with van der Waals surface area (Å²) >= 11 is 0. The molecule has 0 aromatic rings. The molecule has 1 saturated carbocycles. The first-order valence-corrected chi connectivity index (χ1v) is 7.06. The molecule has 1 spiro atoms. The Labute approximate surface area is 103 Å². The van der Waals surface area contributed by atoms with Gasteiger partial charge < -0.3 is 9.47 Å². The number of ether oxygens (including phenoxy) is 2. The monoisotopic (exact) mass is 234 g/mol. The van der Waals surface area contributed by atoms with Crippen LogP contribution < -0.4 is 0 Å². The average Bonchev–Trinajstić information content (AvgIpc) is 2.85. The van der Waals surface area contributed by atoms with Crippen molar-refractivity contribution in [1.82, 2.24) is 0 Å². The lowest BCUT2D eigenvalue weighted by Gasteiger charge is -2.54. The van der Waals surface area contributed by atoms with Gasteiger partial charge in [-0.05, 0) is 36.2 Å². The molecule has 2 heteroatoms. The minimum atomic E-state index is 0.0814. The van der Waals surface area contributed by atoms with Crippen LogP contribution in [0.25, 0.3) is 0 Å². The first-order chi connectivity index (χ1) is 8.13. The highest BCUT2D eigenvalue weighted by Crippen LogP contribution is 2.64. The van der Waals surface area contributed by atoms with Crippen LogP contribution in [0.2, 0.25) is 0 Å². The van der Waals surface area contributed by atoms with Crippen LogP contribution in [0.3, 0.4) is 0 Å². The predicted molar refractivity (Wildman–Crippen MR) is 65.4 cm³/mol. The lowest BCUT2D eigenvalue weighted by atomic mass is 9.49. The van der Waals surface area contributed by atoms with Gasteiger partial charge in [0.1, 0.15) is 0 Å². The van der Waals surface area contributed by atoms with Crippen LogP contribution in [0.4, 0.5) is 0 Å². The van der Waals surface area contributed by atoms with E-state index in [9.17, 15) is 0 Å². The Morgan fingerprint density at radius 3 is 3.00 bits per heavy atom. The van der Waals surface area contributed by atoms with Gasteiger partial charge in [0.2, 0.25) is 0 Å². The quantitative estimate of drug-likeness (QED) is 0.599. The number of hydrogen-bond acceptors (Lipinski definition) is 2. The smallest absolute Gasteiger partial charge is 0.165 e. The first kappa shape index (κ1) is 10.6. The standard InChI is InChI=1S/C15H22O2/c1-14(2)6-3-7-15-9-17-13-12(15)10(8-16-13)4-5-11(14)15/h4,11-13H,3,5-9H2,1-2H3/t11-,12+,13+,15+/m0/s1. The highest BCUT2D eigenvalue weighted by molar-refractivity contribution is 5.26. The summed E-state index contributed by atoms with van der Waals surface area (Å²) in [6, 6.07) is 0. The Hall–Kier alpha value is -0.340. The zero-order valence-electron chi connectivity index (χ0n) is 10.9. The van der Waals surface area contributed by atoms with Gasteiger partial charge in [-0.3, -0.25) is 0 Å². The molecule has 94 valence electrons. The summed E-state index contributed by atoms with van der Waals surface area (Å²) in [6.45, 7) is 6.68. The van der Waals surface area contributed by atoms with Gasteiger partial charge in [0.25, 0.3) is 0 Å². The zero-order chi connectivity index (χ0) is 11.7. The Kier molecular flexibility index (Phi) is 1.96. The highest BCUT2D eigenvalue weighted by atomic mass is 16.7. The van der Waals surface area contributed by atoms with Gasteiger partial charge in [-0.15, -0.1) is 0 Å². The topological polar surface area (TPSA) is 18.5 Å². The Morgan fingerprint density at radius 1 is 1.24 bits per heavy atom. The molecule has 2 heterocycles. The fourth-order valence-electron chi connectivity index (χ4n) is 5.20. The minimum absolute atomic E-state index is 0.0814. The van der Waals surface area contributed by atoms with Crippen LogP contribution in [0.1, 0.15) is 39.5 Å². The molecule has 0 aromatic carbocycles. The van der Waals surface area contributed by atoms with Crippen molar-refractivity contribution in [2.24, 2.45) is 22.7 Å². The highest BCUT2D eigenvalue weighted by Gasteiger charge is 2.63. The van der Waals surface area contributed by atoms with Crippen LogP contribution in [0, 0.1) is 22.7 Å². The molecule has 3 fully saturated rings. The third-order valence-electron chi connectivity index (χ3n) is 5.94. The second-order valence-electron chi connectivity index (χ2n) is 7.11. The van der Waals surface area contributed by atoms with E-state index in [0.717, 1.165) is 19.1 Å². The predicted octanol–water partition coefficient (Wildman–Crippen LogP) is 3.13. The molecule has 0 amide bonds. The molecule has 0 aromatic heterocycles. The second-order valence-corrected chi connectivity index (χ2v) is 7.11. The second kappa shape index (κ2) is 3.16. The van der Waals surface area contributed by atoms with Gasteiger partial charge in [0.15, 0.2) is 6.29 Å². The molecule has 2 saturated heterocycles. The van der Waals surface area contributed by atoms with Gasteiger partial charge in [0.05, 0.1) is 13.2 Å². The van der Waals surface area contributed by atoms with Crippen molar-refractivity contribution >= 4 is 0 Å². The molecule has 2 aliphatic heterocycles. The number of allylic oxidation sites excluding steroid dienone is 1. The lowest BCUT2D eigenvalue weighted by molar-refractivity contribution is -0.0915. The van der Waals surface area contributed by atoms with Crippen LogP contribution >= 0.6 is 0 Å². The van der Waals surface area contributed by atoms with Crippen molar-refractivity contribution in [3.63, 3.8) is 0 Å². The minimum Gasteiger partial charge on any atom is -0.351 e. The molecule has 2 nitrogen and oxygen atoms in total. The summed E-state index contributed by atoms with van der Waals surface area (Å²) in [5.41, 5.74) is 2.43. The summed E-state index contributed by atoms with van der Waals surface area (Å²) < 4.78 is 11.8. The number of hydrogen-bond donors (Lipinski definition) is 0. The number of rotatable bonds is 0. The molecule has 0 N–H and O–H groups in total. The Bertz CT molecular complexity index is 380. The molecular weight excluding hydrogens is 212 g/mol. The third-order valence-corrected chi connectivity index (χ3v) is 5.94. The van der Waals surface area contributed by atoms with E-state index >= 15 is 0 Å².